The topological polar surface area (TPSA) is 23.3 Å². The molecule has 2 aromatic carbocycles. The Morgan fingerprint density at radius 1 is 0.906 bits per heavy atom. The number of benzene rings is 2. The van der Waals surface area contributed by atoms with Crippen molar-refractivity contribution in [1.29, 1.82) is 0 Å². The van der Waals surface area contributed by atoms with Crippen molar-refractivity contribution < 1.29 is 4.90 Å². The predicted octanol–water partition coefficient (Wildman–Crippen LogP) is 4.75. The second-order valence-corrected chi connectivity index (χ2v) is 12.4. The molecule has 0 saturated carbocycles. The van der Waals surface area contributed by atoms with Crippen LogP contribution in [0.4, 0.5) is 11.4 Å². The van der Waals surface area contributed by atoms with Gasteiger partial charge in [-0.2, -0.15) is 5.10 Å². The Bertz CT molecular complexity index is 1020. The molecule has 1 N–H and O–H groups in total. The molecule has 4 nitrogen and oxygen atoms in total. The lowest BCUT2D eigenvalue weighted by molar-refractivity contribution is -0.868. The number of fused-ring (bicyclic) bond motifs is 1. The number of nitrogens with zero attached hydrogens (tertiary/aromatic N) is 3. The number of anilines is 2. The maximum Gasteiger partial charge on any atom is 0.120 e. The fourth-order valence-corrected chi connectivity index (χ4v) is 7.88. The van der Waals surface area contributed by atoms with Crippen molar-refractivity contribution in [2.75, 3.05) is 36.9 Å². The van der Waals surface area contributed by atoms with Gasteiger partial charge in [0.25, 0.3) is 0 Å². The first-order valence-electron chi connectivity index (χ1n) is 12.0. The van der Waals surface area contributed by atoms with E-state index in [-0.39, 0.29) is 5.41 Å². The molecule has 2 aliphatic heterocycles. The Morgan fingerprint density at radius 2 is 1.59 bits per heavy atom. The summed E-state index contributed by atoms with van der Waals surface area (Å²) in [5.41, 5.74) is 5.71. The van der Waals surface area contributed by atoms with Crippen molar-refractivity contribution in [2.24, 2.45) is 10.5 Å². The molecule has 5 heteroatoms. The summed E-state index contributed by atoms with van der Waals surface area (Å²) in [6.45, 7) is 7.40. The van der Waals surface area contributed by atoms with Gasteiger partial charge in [0.1, 0.15) is 5.70 Å². The maximum atomic E-state index is 5.33. The highest BCUT2D eigenvalue weighted by Crippen LogP contribution is 2.59. The van der Waals surface area contributed by atoms with Crippen molar-refractivity contribution in [3.8, 4) is 0 Å². The molecule has 1 unspecified atom stereocenters. The van der Waals surface area contributed by atoms with Gasteiger partial charge in [-0.3, -0.25) is 0 Å². The van der Waals surface area contributed by atoms with Crippen LogP contribution in [-0.2, 0) is 0 Å². The molecule has 0 amide bonds. The molecule has 168 valence electrons. The van der Waals surface area contributed by atoms with Crippen molar-refractivity contribution in [1.82, 2.24) is 0 Å². The summed E-state index contributed by atoms with van der Waals surface area (Å²) in [6, 6.07) is 20.0. The van der Waals surface area contributed by atoms with Gasteiger partial charge >= 0.3 is 0 Å². The van der Waals surface area contributed by atoms with Gasteiger partial charge in [0.2, 0.25) is 0 Å². The van der Waals surface area contributed by atoms with E-state index >= 15 is 0 Å². The minimum Gasteiger partial charge on any atom is -0.378 e. The molecule has 0 aromatic heterocycles. The largest absolute Gasteiger partial charge is 0.378 e. The van der Waals surface area contributed by atoms with E-state index in [0.29, 0.717) is 0 Å². The molecule has 0 radical (unpaired) electrons. The predicted molar refractivity (Wildman–Crippen MR) is 138 cm³/mol. The lowest BCUT2D eigenvalue weighted by Gasteiger charge is -2.37. The molecule has 1 fully saturated rings. The SMILES string of the molecule is CN(C)c1ccc(P2C3=C([NH+]4CCCCC4)CC(C)(C)CC3=NN2c2ccccc2)cc1. The third-order valence-electron chi connectivity index (χ3n) is 6.96. The molecule has 0 bridgehead atoms. The van der Waals surface area contributed by atoms with Gasteiger partial charge < -0.3 is 9.80 Å². The lowest BCUT2D eigenvalue weighted by Crippen LogP contribution is -3.11. The number of hydrogen-bond acceptors (Lipinski definition) is 3. The van der Waals surface area contributed by atoms with Gasteiger partial charge in [0.15, 0.2) is 0 Å². The number of hydrogen-bond donors (Lipinski definition) is 1. The number of allylic oxidation sites excluding steroid dienone is 2. The monoisotopic (exact) mass is 447 g/mol. The lowest BCUT2D eigenvalue weighted by atomic mass is 9.78. The number of para-hydroxylation sites is 1. The van der Waals surface area contributed by atoms with Gasteiger partial charge in [0, 0.05) is 31.5 Å². The molecule has 1 saturated heterocycles. The smallest absolute Gasteiger partial charge is 0.120 e. The molecular weight excluding hydrogens is 411 g/mol. The van der Waals surface area contributed by atoms with Crippen molar-refractivity contribution in [2.45, 2.75) is 46.0 Å². The Morgan fingerprint density at radius 3 is 2.25 bits per heavy atom. The van der Waals surface area contributed by atoms with Crippen LogP contribution in [0.15, 0.2) is 70.7 Å². The fourth-order valence-electron chi connectivity index (χ4n) is 5.36. The number of nitrogens with one attached hydrogen (secondary N) is 1. The number of piperidine rings is 1. The number of hydrazone groups is 1. The van der Waals surface area contributed by atoms with Gasteiger partial charge in [-0.25, -0.2) is 4.78 Å². The summed E-state index contributed by atoms with van der Waals surface area (Å²) in [4.78, 5) is 3.90. The van der Waals surface area contributed by atoms with E-state index < -0.39 is 8.07 Å². The van der Waals surface area contributed by atoms with Gasteiger partial charge in [-0.05, 0) is 55.4 Å². The van der Waals surface area contributed by atoms with E-state index in [1.165, 1.54) is 61.2 Å². The van der Waals surface area contributed by atoms with Gasteiger partial charge in [0.05, 0.1) is 37.9 Å². The molecule has 2 heterocycles. The zero-order chi connectivity index (χ0) is 22.3. The van der Waals surface area contributed by atoms with E-state index in [2.05, 4.69) is 92.2 Å². The zero-order valence-corrected chi connectivity index (χ0v) is 20.8. The average Bonchev–Trinajstić information content (AvgIpc) is 3.18. The van der Waals surface area contributed by atoms with Crippen molar-refractivity contribution in [3.63, 3.8) is 0 Å². The van der Waals surface area contributed by atoms with Crippen molar-refractivity contribution in [3.05, 3.63) is 65.6 Å². The number of likely N-dealkylation sites (tertiary alicyclic amines) is 1. The van der Waals surface area contributed by atoms with Crippen LogP contribution < -0.4 is 19.9 Å². The van der Waals surface area contributed by atoms with Crippen molar-refractivity contribution >= 4 is 30.5 Å². The first-order valence-corrected chi connectivity index (χ1v) is 13.3. The van der Waals surface area contributed by atoms with Crippen LogP contribution >= 0.6 is 8.07 Å². The summed E-state index contributed by atoms with van der Waals surface area (Å²) >= 11 is 0. The Hall–Kier alpha value is -2.16. The number of rotatable bonds is 4. The van der Waals surface area contributed by atoms with E-state index in [9.17, 15) is 0 Å². The highest BCUT2D eigenvalue weighted by Gasteiger charge is 2.46. The highest BCUT2D eigenvalue weighted by molar-refractivity contribution is 7.73. The quantitative estimate of drug-likeness (QED) is 0.684. The third-order valence-corrected chi connectivity index (χ3v) is 9.40. The summed E-state index contributed by atoms with van der Waals surface area (Å²) in [6.07, 6.45) is 6.33. The van der Waals surface area contributed by atoms with Crippen LogP contribution in [-0.4, -0.2) is 32.9 Å². The molecule has 1 aliphatic carbocycles. The van der Waals surface area contributed by atoms with Crippen LogP contribution in [0.5, 0.6) is 0 Å². The van der Waals surface area contributed by atoms with Crippen LogP contribution in [0.25, 0.3) is 0 Å². The second kappa shape index (κ2) is 8.65. The van der Waals surface area contributed by atoms with Gasteiger partial charge in [-0.1, -0.05) is 44.2 Å². The minimum absolute atomic E-state index is 0.268. The molecular formula is C27H36N4P+. The van der Waals surface area contributed by atoms with E-state index in [4.69, 9.17) is 5.10 Å². The number of quaternary nitrogens is 1. The van der Waals surface area contributed by atoms with Crippen LogP contribution in [0.1, 0.15) is 46.0 Å². The highest BCUT2D eigenvalue weighted by atomic mass is 31.1. The Balaban J connectivity index is 1.66. The summed E-state index contributed by atoms with van der Waals surface area (Å²) < 4.78 is 2.36. The summed E-state index contributed by atoms with van der Waals surface area (Å²) in [5.74, 6) is 0. The average molecular weight is 448 g/mol. The molecule has 2 aromatic rings. The first kappa shape index (κ1) is 21.7. The molecule has 1 atom stereocenters. The summed E-state index contributed by atoms with van der Waals surface area (Å²) in [7, 11) is 3.51. The van der Waals surface area contributed by atoms with E-state index in [0.717, 1.165) is 6.42 Å². The van der Waals surface area contributed by atoms with Gasteiger partial charge in [-0.15, -0.1) is 0 Å². The Kier molecular flexibility index (Phi) is 5.86. The molecule has 32 heavy (non-hydrogen) atoms. The van der Waals surface area contributed by atoms with E-state index in [1.807, 2.05) is 0 Å². The maximum absolute atomic E-state index is 5.33. The second-order valence-electron chi connectivity index (χ2n) is 10.4. The first-order chi connectivity index (χ1) is 15.4. The van der Waals surface area contributed by atoms with E-state index in [1.54, 1.807) is 15.9 Å². The molecule has 5 rings (SSSR count). The molecule has 3 aliphatic rings. The van der Waals surface area contributed by atoms with Crippen LogP contribution in [0.3, 0.4) is 0 Å². The standard InChI is InChI=1S/C27H35N4P/c1-27(2)19-24-26(25(20-27)30-17-9-6-10-18-30)32(23-15-13-21(14-16-23)29(3)4)31(28-24)22-11-7-5-8-12-22/h5,7-8,11-16H,6,9-10,17-20H2,1-4H3/p+1. The van der Waals surface area contributed by atoms with Crippen LogP contribution in [0, 0.1) is 5.41 Å². The normalized spacial score (nSPS) is 23.2. The fraction of sp³-hybridized carbons (Fsp3) is 0.444. The third kappa shape index (κ3) is 4.11. The van der Waals surface area contributed by atoms with Crippen LogP contribution in [0.2, 0.25) is 0 Å². The molecule has 0 spiro atoms. The summed E-state index contributed by atoms with van der Waals surface area (Å²) in [5, 5.41) is 8.30. The zero-order valence-electron chi connectivity index (χ0n) is 19.9. The Labute approximate surface area is 194 Å². The minimum atomic E-state index is -0.705.